The van der Waals surface area contributed by atoms with Crippen molar-refractivity contribution in [3.05, 3.63) is 74.9 Å². The topological polar surface area (TPSA) is 37.4 Å². The summed E-state index contributed by atoms with van der Waals surface area (Å²) in [5.41, 5.74) is 3.24. The average Bonchev–Trinajstić information content (AvgIpc) is 2.61. The number of halogens is 2. The molecule has 132 valence electrons. The largest absolute Gasteiger partial charge is 0.294 e. The highest BCUT2D eigenvalue weighted by Crippen LogP contribution is 2.45. The van der Waals surface area contributed by atoms with Crippen LogP contribution in [0.2, 0.25) is 5.02 Å². The smallest absolute Gasteiger partial charge is 0.232 e. The highest BCUT2D eigenvalue weighted by Gasteiger charge is 2.40. The van der Waals surface area contributed by atoms with E-state index in [1.165, 1.54) is 0 Å². The number of rotatable bonds is 2. The summed E-state index contributed by atoms with van der Waals surface area (Å²) in [6, 6.07) is 15.1. The van der Waals surface area contributed by atoms with Gasteiger partial charge in [-0.1, -0.05) is 51.8 Å². The van der Waals surface area contributed by atoms with Crippen LogP contribution in [0.1, 0.15) is 37.2 Å². The molecule has 2 aliphatic rings. The van der Waals surface area contributed by atoms with E-state index in [4.69, 9.17) is 11.6 Å². The summed E-state index contributed by atoms with van der Waals surface area (Å²) in [5.74, 6) is -0.132. The minimum atomic E-state index is -0.262. The number of allylic oxidation sites excluding steroid dienone is 2. The molecular weight excluding hydrogens is 414 g/mol. The molecule has 0 saturated heterocycles. The number of Topliss-reactive ketones (excluding diaryl/α,β-unsaturated/α-hetero) is 1. The van der Waals surface area contributed by atoms with Gasteiger partial charge in [-0.15, -0.1) is 0 Å². The van der Waals surface area contributed by atoms with Crippen LogP contribution in [0.25, 0.3) is 0 Å². The van der Waals surface area contributed by atoms with Crippen molar-refractivity contribution in [1.82, 2.24) is 0 Å². The Balaban J connectivity index is 1.89. The van der Waals surface area contributed by atoms with Crippen molar-refractivity contribution in [3.8, 4) is 0 Å². The van der Waals surface area contributed by atoms with E-state index in [9.17, 15) is 9.59 Å². The Morgan fingerprint density at radius 3 is 2.62 bits per heavy atom. The number of benzene rings is 2. The van der Waals surface area contributed by atoms with E-state index in [0.29, 0.717) is 11.4 Å². The van der Waals surface area contributed by atoms with Crippen LogP contribution in [0.15, 0.2) is 64.3 Å². The van der Waals surface area contributed by atoms with Gasteiger partial charge in [-0.05, 0) is 42.7 Å². The van der Waals surface area contributed by atoms with Crippen LogP contribution in [0.5, 0.6) is 0 Å². The first kappa shape index (κ1) is 17.5. The predicted molar refractivity (Wildman–Crippen MR) is 106 cm³/mol. The van der Waals surface area contributed by atoms with Gasteiger partial charge in [-0.25, -0.2) is 0 Å². The molecule has 1 atom stereocenters. The third kappa shape index (κ3) is 3.01. The molecule has 1 aliphatic carbocycles. The Bertz CT molecular complexity index is 937. The maximum absolute atomic E-state index is 13.1. The van der Waals surface area contributed by atoms with Gasteiger partial charge in [-0.3, -0.25) is 14.5 Å². The normalized spacial score (nSPS) is 20.4. The standard InChI is InChI=1S/C21H17BrClNO2/c22-13-5-3-6-14(11-13)24-18-9-4-10-19(25)21(18)16(12-20(24)26)15-7-1-2-8-17(15)23/h1-3,5-8,11,16H,4,9-10,12H2. The summed E-state index contributed by atoms with van der Waals surface area (Å²) >= 11 is 9.86. The molecule has 1 amide bonds. The van der Waals surface area contributed by atoms with Gasteiger partial charge in [0.05, 0.1) is 0 Å². The number of amides is 1. The van der Waals surface area contributed by atoms with E-state index >= 15 is 0 Å². The molecule has 2 aromatic rings. The molecule has 3 nitrogen and oxygen atoms in total. The van der Waals surface area contributed by atoms with Gasteiger partial charge in [0.15, 0.2) is 5.78 Å². The van der Waals surface area contributed by atoms with Gasteiger partial charge in [0.1, 0.15) is 0 Å². The number of nitrogens with zero attached hydrogens (tertiary/aromatic N) is 1. The van der Waals surface area contributed by atoms with Gasteiger partial charge in [0, 0.05) is 45.2 Å². The molecule has 2 aromatic carbocycles. The molecule has 0 saturated carbocycles. The second-order valence-electron chi connectivity index (χ2n) is 6.62. The molecule has 0 fully saturated rings. The molecule has 4 rings (SSSR count). The van der Waals surface area contributed by atoms with Crippen molar-refractivity contribution in [1.29, 1.82) is 0 Å². The number of carbonyl (C=O) groups is 2. The molecule has 1 aliphatic heterocycles. The molecule has 1 unspecified atom stereocenters. The van der Waals surface area contributed by atoms with E-state index in [1.807, 2.05) is 48.5 Å². The lowest BCUT2D eigenvalue weighted by molar-refractivity contribution is -0.119. The zero-order chi connectivity index (χ0) is 18.3. The third-order valence-electron chi connectivity index (χ3n) is 5.02. The molecular formula is C21H17BrClNO2. The quantitative estimate of drug-likeness (QED) is 0.619. The van der Waals surface area contributed by atoms with Gasteiger partial charge < -0.3 is 0 Å². The van der Waals surface area contributed by atoms with Crippen LogP contribution in [0.3, 0.4) is 0 Å². The second-order valence-corrected chi connectivity index (χ2v) is 7.95. The van der Waals surface area contributed by atoms with Crippen molar-refractivity contribution in [3.63, 3.8) is 0 Å². The van der Waals surface area contributed by atoms with Gasteiger partial charge in [-0.2, -0.15) is 0 Å². The number of anilines is 1. The zero-order valence-corrected chi connectivity index (χ0v) is 16.4. The lowest BCUT2D eigenvalue weighted by atomic mass is 9.77. The maximum Gasteiger partial charge on any atom is 0.232 e. The molecule has 0 radical (unpaired) electrons. The highest BCUT2D eigenvalue weighted by atomic mass is 79.9. The second kappa shape index (κ2) is 7.01. The summed E-state index contributed by atoms with van der Waals surface area (Å²) in [4.78, 5) is 27.6. The van der Waals surface area contributed by atoms with Crippen LogP contribution >= 0.6 is 27.5 Å². The Kier molecular flexibility index (Phi) is 4.72. The summed E-state index contributed by atoms with van der Waals surface area (Å²) in [7, 11) is 0. The first-order valence-corrected chi connectivity index (χ1v) is 9.82. The van der Waals surface area contributed by atoms with Crippen LogP contribution in [0, 0.1) is 0 Å². The Labute approximate surface area is 165 Å². The number of hydrogen-bond donors (Lipinski definition) is 0. The Hall–Kier alpha value is -1.91. The zero-order valence-electron chi connectivity index (χ0n) is 14.0. The lowest BCUT2D eigenvalue weighted by Crippen LogP contribution is -2.40. The number of hydrogen-bond acceptors (Lipinski definition) is 2. The summed E-state index contributed by atoms with van der Waals surface area (Å²) < 4.78 is 0.903. The molecule has 1 heterocycles. The molecule has 0 bridgehead atoms. The van der Waals surface area contributed by atoms with Crippen LogP contribution in [0.4, 0.5) is 5.69 Å². The van der Waals surface area contributed by atoms with Gasteiger partial charge in [0.25, 0.3) is 0 Å². The number of ketones is 1. The first-order valence-electron chi connectivity index (χ1n) is 8.65. The van der Waals surface area contributed by atoms with Crippen molar-refractivity contribution < 1.29 is 9.59 Å². The third-order valence-corrected chi connectivity index (χ3v) is 5.86. The SMILES string of the molecule is O=C1CCCC2=C1C(c1ccccc1Cl)CC(=O)N2c1cccc(Br)c1. The van der Waals surface area contributed by atoms with E-state index in [0.717, 1.165) is 39.8 Å². The van der Waals surface area contributed by atoms with Crippen LogP contribution in [-0.4, -0.2) is 11.7 Å². The van der Waals surface area contributed by atoms with E-state index in [1.54, 1.807) is 4.90 Å². The van der Waals surface area contributed by atoms with Crippen molar-refractivity contribution in [2.75, 3.05) is 4.90 Å². The average molecular weight is 431 g/mol. The predicted octanol–water partition coefficient (Wildman–Crippen LogP) is 5.63. The maximum atomic E-state index is 13.1. The lowest BCUT2D eigenvalue weighted by Gasteiger charge is -2.38. The minimum absolute atomic E-state index is 0.00136. The summed E-state index contributed by atoms with van der Waals surface area (Å²) in [5, 5.41) is 0.603. The van der Waals surface area contributed by atoms with Crippen LogP contribution < -0.4 is 4.90 Å². The minimum Gasteiger partial charge on any atom is -0.294 e. The van der Waals surface area contributed by atoms with Crippen molar-refractivity contribution in [2.45, 2.75) is 31.6 Å². The van der Waals surface area contributed by atoms with E-state index < -0.39 is 0 Å². The molecule has 0 spiro atoms. The number of carbonyl (C=O) groups excluding carboxylic acids is 2. The molecule has 26 heavy (non-hydrogen) atoms. The highest BCUT2D eigenvalue weighted by molar-refractivity contribution is 9.10. The monoisotopic (exact) mass is 429 g/mol. The fourth-order valence-electron chi connectivity index (χ4n) is 3.93. The molecule has 5 heteroatoms. The molecule has 0 aromatic heterocycles. The van der Waals surface area contributed by atoms with Crippen LogP contribution in [-0.2, 0) is 9.59 Å². The summed E-state index contributed by atoms with van der Waals surface area (Å²) in [6.07, 6.45) is 2.27. The van der Waals surface area contributed by atoms with E-state index in [-0.39, 0.29) is 24.0 Å². The van der Waals surface area contributed by atoms with Gasteiger partial charge in [0.2, 0.25) is 5.91 Å². The Morgan fingerprint density at radius 2 is 1.85 bits per heavy atom. The van der Waals surface area contributed by atoms with Crippen molar-refractivity contribution >= 4 is 44.9 Å². The van der Waals surface area contributed by atoms with E-state index in [2.05, 4.69) is 15.9 Å². The fraction of sp³-hybridized carbons (Fsp3) is 0.238. The molecule has 0 N–H and O–H groups in total. The summed E-state index contributed by atoms with van der Waals surface area (Å²) in [6.45, 7) is 0. The fourth-order valence-corrected chi connectivity index (χ4v) is 4.59. The first-order chi connectivity index (χ1) is 12.6. The van der Waals surface area contributed by atoms with Gasteiger partial charge >= 0.3 is 0 Å². The Morgan fingerprint density at radius 1 is 1.04 bits per heavy atom. The van der Waals surface area contributed by atoms with Crippen molar-refractivity contribution in [2.24, 2.45) is 0 Å².